The Hall–Kier alpha value is -1.28. The first-order chi connectivity index (χ1) is 18.5. The number of hydrogen-bond donors (Lipinski definition) is 0. The molecule has 7 heteroatoms. The minimum absolute atomic E-state index is 0.106. The average molecular weight is 682 g/mol. The number of pyridine rings is 1. The van der Waals surface area contributed by atoms with Gasteiger partial charge in [-0.25, -0.2) is 0 Å². The van der Waals surface area contributed by atoms with Gasteiger partial charge >= 0.3 is 35.0 Å². The second-order valence-corrected chi connectivity index (χ2v) is 13.7. The molecule has 0 atom stereocenters. The molecule has 2 aromatic carbocycles. The van der Waals surface area contributed by atoms with Crippen LogP contribution >= 0.6 is 30.7 Å². The van der Waals surface area contributed by atoms with E-state index in [4.69, 9.17) is 30.7 Å². The zero-order chi connectivity index (χ0) is 29.1. The van der Waals surface area contributed by atoms with Gasteiger partial charge in [0.1, 0.15) is 6.67 Å². The molecular formula is C32H43Cl3N3Pd. The van der Waals surface area contributed by atoms with Crippen molar-refractivity contribution in [1.82, 2.24) is 4.98 Å². The van der Waals surface area contributed by atoms with E-state index < -0.39 is 0 Å². The summed E-state index contributed by atoms with van der Waals surface area (Å²) in [7, 11) is 9.63. The van der Waals surface area contributed by atoms with Crippen LogP contribution in [-0.4, -0.2) is 18.1 Å². The molecule has 1 radical (unpaired) electrons. The topological polar surface area (TPSA) is 19.4 Å². The standard InChI is InChI=1S/C27H39N2.C5H4ClN.2ClH.Pd/c1-18(2)22-11-9-12-23(19(3)4)26(22)28-15-16-29(17-28)27-24(20(5)6)13-10-14-25(27)21(7)8;6-5-2-1-3-7-4-5;;;/h9-14,17-21H,15-16H2,1-8H3;1-4H;2*1H;/q;;;;+2/p-2. The molecule has 217 valence electrons. The van der Waals surface area contributed by atoms with Crippen molar-refractivity contribution in [2.75, 3.05) is 22.9 Å². The molecule has 0 saturated carbocycles. The van der Waals surface area contributed by atoms with Crippen LogP contribution in [0.3, 0.4) is 0 Å². The van der Waals surface area contributed by atoms with Gasteiger partial charge < -0.3 is 9.80 Å². The van der Waals surface area contributed by atoms with Crippen LogP contribution in [0.4, 0.5) is 11.4 Å². The van der Waals surface area contributed by atoms with E-state index in [-0.39, 0.29) is 15.9 Å². The Morgan fingerprint density at radius 3 is 1.23 bits per heavy atom. The summed E-state index contributed by atoms with van der Waals surface area (Å²) < 4.78 is 0. The number of hydrogen-bond acceptors (Lipinski definition) is 3. The van der Waals surface area contributed by atoms with Crippen LogP contribution in [0.15, 0.2) is 60.9 Å². The van der Waals surface area contributed by atoms with Crippen LogP contribution in [0, 0.1) is 6.67 Å². The third kappa shape index (κ3) is 9.65. The maximum atomic E-state index is 5.48. The van der Waals surface area contributed by atoms with E-state index in [0.717, 1.165) is 13.1 Å². The van der Waals surface area contributed by atoms with Gasteiger partial charge in [0, 0.05) is 36.9 Å². The van der Waals surface area contributed by atoms with Crippen molar-refractivity contribution >= 4 is 42.0 Å². The van der Waals surface area contributed by atoms with Gasteiger partial charge in [0.25, 0.3) is 0 Å². The predicted molar refractivity (Wildman–Crippen MR) is 169 cm³/mol. The number of rotatable bonds is 6. The number of nitrogens with zero attached hydrogens (tertiary/aromatic N) is 3. The molecule has 1 saturated heterocycles. The number of benzene rings is 2. The molecule has 0 aliphatic carbocycles. The van der Waals surface area contributed by atoms with E-state index >= 15 is 0 Å². The van der Waals surface area contributed by atoms with Crippen LogP contribution in [0.25, 0.3) is 0 Å². The van der Waals surface area contributed by atoms with E-state index in [1.807, 2.05) is 0 Å². The van der Waals surface area contributed by atoms with Gasteiger partial charge in [0.05, 0.1) is 5.02 Å². The van der Waals surface area contributed by atoms with Crippen LogP contribution in [0.1, 0.15) is 101 Å². The fourth-order valence-corrected chi connectivity index (χ4v) is 5.00. The van der Waals surface area contributed by atoms with E-state index in [1.165, 1.54) is 33.6 Å². The Kier molecular flexibility index (Phi) is 14.7. The molecule has 0 unspecified atom stereocenters. The third-order valence-corrected chi connectivity index (χ3v) is 6.97. The first-order valence-corrected chi connectivity index (χ1v) is 17.9. The number of para-hydroxylation sites is 2. The summed E-state index contributed by atoms with van der Waals surface area (Å²) in [6.07, 6.45) is 3.29. The Morgan fingerprint density at radius 1 is 0.641 bits per heavy atom. The molecule has 0 bridgehead atoms. The van der Waals surface area contributed by atoms with Crippen molar-refractivity contribution in [3.05, 3.63) is 94.9 Å². The van der Waals surface area contributed by atoms with Gasteiger partial charge in [-0.2, -0.15) is 0 Å². The van der Waals surface area contributed by atoms with E-state index in [2.05, 4.69) is 113 Å². The van der Waals surface area contributed by atoms with Crippen molar-refractivity contribution in [2.24, 2.45) is 0 Å². The SMILES string of the molecule is CC(C)c1cccc(C(C)C)c1N1[CH]N(c2c(C(C)C)cccc2C(C)C)CC1.Clc1cccnc1.[Cl][Pd][Cl]. The summed E-state index contributed by atoms with van der Waals surface area (Å²) in [5.74, 6) is 2.06. The molecule has 1 fully saturated rings. The predicted octanol–water partition coefficient (Wildman–Crippen LogP) is 10.7. The normalized spacial score (nSPS) is 13.2. The van der Waals surface area contributed by atoms with Crippen LogP contribution < -0.4 is 9.80 Å². The van der Waals surface area contributed by atoms with Gasteiger partial charge in [-0.05, 0) is 58.1 Å². The van der Waals surface area contributed by atoms with Crippen molar-refractivity contribution in [2.45, 2.75) is 79.1 Å². The molecule has 0 spiro atoms. The zero-order valence-corrected chi connectivity index (χ0v) is 28.2. The average Bonchev–Trinajstić information content (AvgIpc) is 3.38. The molecule has 4 rings (SSSR count). The van der Waals surface area contributed by atoms with Gasteiger partial charge in [-0.3, -0.25) is 4.98 Å². The Labute approximate surface area is 258 Å². The Bertz CT molecular complexity index is 1010. The number of anilines is 2. The first kappa shape index (κ1) is 33.9. The van der Waals surface area contributed by atoms with Crippen LogP contribution in [0.5, 0.6) is 0 Å². The van der Waals surface area contributed by atoms with Gasteiger partial charge in [-0.15, -0.1) is 0 Å². The van der Waals surface area contributed by atoms with Crippen molar-refractivity contribution in [3.8, 4) is 0 Å². The number of halogens is 3. The quantitative estimate of drug-likeness (QED) is 0.241. The fourth-order valence-electron chi connectivity index (χ4n) is 4.87. The first-order valence-electron chi connectivity index (χ1n) is 13.5. The zero-order valence-electron chi connectivity index (χ0n) is 24.4. The molecule has 0 N–H and O–H groups in total. The number of aromatic nitrogens is 1. The monoisotopic (exact) mass is 680 g/mol. The van der Waals surface area contributed by atoms with E-state index in [1.54, 1.807) is 24.5 Å². The molecule has 0 amide bonds. The second kappa shape index (κ2) is 16.9. The summed E-state index contributed by atoms with van der Waals surface area (Å²) in [4.78, 5) is 8.76. The van der Waals surface area contributed by atoms with Crippen LogP contribution in [-0.2, 0) is 15.9 Å². The summed E-state index contributed by atoms with van der Waals surface area (Å²) in [5, 5.41) is 0.683. The molecule has 3 nitrogen and oxygen atoms in total. The van der Waals surface area contributed by atoms with Gasteiger partial charge in [-0.1, -0.05) is 103 Å². The summed E-state index contributed by atoms with van der Waals surface area (Å²) in [6, 6.07) is 17.3. The summed E-state index contributed by atoms with van der Waals surface area (Å²) in [5.41, 5.74) is 8.67. The van der Waals surface area contributed by atoms with Gasteiger partial charge in [0.15, 0.2) is 0 Å². The van der Waals surface area contributed by atoms with Crippen LogP contribution in [0.2, 0.25) is 5.02 Å². The van der Waals surface area contributed by atoms with E-state index in [9.17, 15) is 0 Å². The Balaban J connectivity index is 0.000000450. The molecular weight excluding hydrogens is 639 g/mol. The van der Waals surface area contributed by atoms with E-state index in [0.29, 0.717) is 28.7 Å². The third-order valence-electron chi connectivity index (χ3n) is 6.75. The van der Waals surface area contributed by atoms with Gasteiger partial charge in [0.2, 0.25) is 0 Å². The van der Waals surface area contributed by atoms with Crippen molar-refractivity contribution < 1.29 is 15.9 Å². The second-order valence-electron chi connectivity index (χ2n) is 10.9. The molecule has 1 aliphatic rings. The minimum atomic E-state index is -0.106. The molecule has 39 heavy (non-hydrogen) atoms. The molecule has 2 heterocycles. The molecule has 1 aromatic heterocycles. The molecule has 3 aromatic rings. The summed E-state index contributed by atoms with van der Waals surface area (Å²) in [6.45, 7) is 22.9. The maximum absolute atomic E-state index is 5.48. The van der Waals surface area contributed by atoms with Crippen molar-refractivity contribution in [1.29, 1.82) is 0 Å². The van der Waals surface area contributed by atoms with Crippen molar-refractivity contribution in [3.63, 3.8) is 0 Å². The summed E-state index contributed by atoms with van der Waals surface area (Å²) >= 11 is 5.37. The molecule has 1 aliphatic heterocycles. The Morgan fingerprint density at radius 2 is 1.00 bits per heavy atom. The fraction of sp³-hybridized carbons (Fsp3) is 0.438.